The number of ether oxygens (including phenoxy) is 1. The molecule has 5 rings (SSSR count). The molecule has 2 aliphatic rings. The Morgan fingerprint density at radius 3 is 2.49 bits per heavy atom. The van der Waals surface area contributed by atoms with Gasteiger partial charge in [-0.2, -0.15) is 0 Å². The Hall–Kier alpha value is -3.29. The largest absolute Gasteiger partial charge is 0.383 e. The number of imide groups is 1. The third kappa shape index (κ3) is 4.54. The van der Waals surface area contributed by atoms with Gasteiger partial charge in [0.25, 0.3) is 5.91 Å². The zero-order chi connectivity index (χ0) is 24.3. The number of aromatic nitrogens is 1. The summed E-state index contributed by atoms with van der Waals surface area (Å²) in [4.78, 5) is 37.2. The van der Waals surface area contributed by atoms with Crippen LogP contribution in [0.15, 0.2) is 66.9 Å². The average Bonchev–Trinajstić information content (AvgIpc) is 3.08. The molecule has 2 aromatic carbocycles. The van der Waals surface area contributed by atoms with Crippen LogP contribution in [0.5, 0.6) is 0 Å². The molecule has 35 heavy (non-hydrogen) atoms. The van der Waals surface area contributed by atoms with Crippen LogP contribution in [0.2, 0.25) is 0 Å². The number of fused-ring (bicyclic) bond motifs is 1. The molecule has 7 nitrogen and oxygen atoms in total. The molecule has 0 N–H and O–H groups in total. The molecule has 7 heteroatoms. The number of rotatable bonds is 8. The Labute approximate surface area is 206 Å². The molecule has 2 fully saturated rings. The molecular weight excluding hydrogens is 440 g/mol. The highest BCUT2D eigenvalue weighted by molar-refractivity contribution is 6.07. The van der Waals surface area contributed by atoms with Crippen molar-refractivity contribution < 1.29 is 14.3 Å². The Kier molecular flexibility index (Phi) is 6.79. The van der Waals surface area contributed by atoms with Gasteiger partial charge in [-0.05, 0) is 36.5 Å². The molecule has 182 valence electrons. The van der Waals surface area contributed by atoms with Gasteiger partial charge in [0.05, 0.1) is 18.7 Å². The van der Waals surface area contributed by atoms with Crippen molar-refractivity contribution in [2.45, 2.75) is 31.3 Å². The van der Waals surface area contributed by atoms with Crippen LogP contribution in [0.25, 0.3) is 10.9 Å². The summed E-state index contributed by atoms with van der Waals surface area (Å²) in [6, 6.07) is 20.3. The van der Waals surface area contributed by atoms with Gasteiger partial charge in [-0.15, -0.1) is 0 Å². The van der Waals surface area contributed by atoms with Crippen molar-refractivity contribution in [1.82, 2.24) is 19.7 Å². The molecule has 0 unspecified atom stereocenters. The van der Waals surface area contributed by atoms with Gasteiger partial charge >= 0.3 is 6.03 Å². The standard InChI is InChI=1S/C28H32N4O3/c1-35-20-19-31-26(33)28(32(27(31)34)16-12-22-7-3-2-4-8-22)13-17-30(18-14-28)21-24-10-5-9-23-11-6-15-29-25(23)24/h2-11,15H,12-14,16-21H2,1H3. The Morgan fingerprint density at radius 1 is 0.943 bits per heavy atom. The number of para-hydroxylation sites is 1. The number of carbonyl (C=O) groups is 2. The van der Waals surface area contributed by atoms with E-state index in [1.165, 1.54) is 16.0 Å². The predicted molar refractivity (Wildman–Crippen MR) is 135 cm³/mol. The molecule has 3 amide bonds. The summed E-state index contributed by atoms with van der Waals surface area (Å²) >= 11 is 0. The maximum absolute atomic E-state index is 13.6. The third-order valence-electron chi connectivity index (χ3n) is 7.40. The van der Waals surface area contributed by atoms with Crippen LogP contribution >= 0.6 is 0 Å². The van der Waals surface area contributed by atoms with Gasteiger partial charge in [-0.25, -0.2) is 4.79 Å². The lowest BCUT2D eigenvalue weighted by atomic mass is 9.85. The minimum atomic E-state index is -0.771. The highest BCUT2D eigenvalue weighted by Gasteiger charge is 2.57. The average molecular weight is 473 g/mol. The molecule has 3 heterocycles. The zero-order valence-electron chi connectivity index (χ0n) is 20.2. The van der Waals surface area contributed by atoms with E-state index >= 15 is 0 Å². The number of carbonyl (C=O) groups excluding carboxylic acids is 2. The molecule has 0 saturated carbocycles. The Morgan fingerprint density at radius 2 is 1.71 bits per heavy atom. The molecule has 2 saturated heterocycles. The number of nitrogens with zero attached hydrogens (tertiary/aromatic N) is 4. The van der Waals surface area contributed by atoms with Gasteiger partial charge in [0, 0.05) is 44.9 Å². The second kappa shape index (κ2) is 10.1. The second-order valence-electron chi connectivity index (χ2n) is 9.42. The van der Waals surface area contributed by atoms with E-state index in [-0.39, 0.29) is 11.9 Å². The highest BCUT2D eigenvalue weighted by atomic mass is 16.5. The van der Waals surface area contributed by atoms with E-state index in [4.69, 9.17) is 4.74 Å². The first kappa shape index (κ1) is 23.5. The van der Waals surface area contributed by atoms with E-state index in [2.05, 4.69) is 46.3 Å². The molecule has 0 radical (unpaired) electrons. The summed E-state index contributed by atoms with van der Waals surface area (Å²) < 4.78 is 5.18. The topological polar surface area (TPSA) is 66.0 Å². The minimum absolute atomic E-state index is 0.0703. The van der Waals surface area contributed by atoms with Gasteiger partial charge in [-0.3, -0.25) is 19.6 Å². The van der Waals surface area contributed by atoms with Gasteiger partial charge in [0.15, 0.2) is 0 Å². The molecule has 0 aliphatic carbocycles. The predicted octanol–water partition coefficient (Wildman–Crippen LogP) is 3.72. The van der Waals surface area contributed by atoms with Crippen LogP contribution in [0.4, 0.5) is 4.79 Å². The molecule has 3 aromatic rings. The molecule has 0 bridgehead atoms. The Balaban J connectivity index is 1.33. The van der Waals surface area contributed by atoms with Crippen LogP contribution in [-0.4, -0.2) is 77.1 Å². The number of likely N-dealkylation sites (tertiary alicyclic amines) is 1. The normalized spacial score (nSPS) is 18.2. The molecule has 1 spiro atoms. The zero-order valence-corrected chi connectivity index (χ0v) is 20.2. The summed E-state index contributed by atoms with van der Waals surface area (Å²) in [5, 5.41) is 1.14. The van der Waals surface area contributed by atoms with Crippen molar-refractivity contribution in [2.24, 2.45) is 0 Å². The number of hydrogen-bond acceptors (Lipinski definition) is 5. The third-order valence-corrected chi connectivity index (χ3v) is 7.40. The molecule has 2 aliphatic heterocycles. The summed E-state index contributed by atoms with van der Waals surface area (Å²) in [6.07, 6.45) is 3.83. The van der Waals surface area contributed by atoms with Crippen molar-refractivity contribution in [3.05, 3.63) is 78.0 Å². The number of amides is 3. The van der Waals surface area contributed by atoms with Gasteiger partial charge in [0.2, 0.25) is 0 Å². The first-order valence-corrected chi connectivity index (χ1v) is 12.3. The van der Waals surface area contributed by atoms with E-state index in [0.717, 1.165) is 37.0 Å². The number of piperidine rings is 1. The summed E-state index contributed by atoms with van der Waals surface area (Å²) in [7, 11) is 1.59. The summed E-state index contributed by atoms with van der Waals surface area (Å²) in [5.41, 5.74) is 2.61. The van der Waals surface area contributed by atoms with Crippen LogP contribution in [0, 0.1) is 0 Å². The quantitative estimate of drug-likeness (QED) is 0.468. The number of methoxy groups -OCH3 is 1. The Bertz CT molecular complexity index is 1190. The SMILES string of the molecule is COCCN1C(=O)N(CCc2ccccc2)C2(CCN(Cc3cccc4cccnc34)CC2)C1=O. The van der Waals surface area contributed by atoms with Gasteiger partial charge < -0.3 is 9.64 Å². The molecular formula is C28H32N4O3. The van der Waals surface area contributed by atoms with Crippen molar-refractivity contribution in [3.63, 3.8) is 0 Å². The lowest BCUT2D eigenvalue weighted by Gasteiger charge is -2.42. The maximum Gasteiger partial charge on any atom is 0.327 e. The molecule has 1 aromatic heterocycles. The van der Waals surface area contributed by atoms with E-state index in [1.54, 1.807) is 7.11 Å². The van der Waals surface area contributed by atoms with Crippen LogP contribution in [0.1, 0.15) is 24.0 Å². The molecule has 0 atom stereocenters. The lowest BCUT2D eigenvalue weighted by Crippen LogP contribution is -2.56. The number of pyridine rings is 1. The van der Waals surface area contributed by atoms with E-state index in [9.17, 15) is 9.59 Å². The van der Waals surface area contributed by atoms with Crippen molar-refractivity contribution in [1.29, 1.82) is 0 Å². The minimum Gasteiger partial charge on any atom is -0.383 e. The fraction of sp³-hybridized carbons (Fsp3) is 0.393. The number of urea groups is 1. The first-order valence-electron chi connectivity index (χ1n) is 12.3. The maximum atomic E-state index is 13.6. The smallest absolute Gasteiger partial charge is 0.327 e. The van der Waals surface area contributed by atoms with E-state index in [1.807, 2.05) is 35.4 Å². The highest BCUT2D eigenvalue weighted by Crippen LogP contribution is 2.38. The van der Waals surface area contributed by atoms with Crippen molar-refractivity contribution >= 4 is 22.8 Å². The van der Waals surface area contributed by atoms with Crippen LogP contribution < -0.4 is 0 Å². The van der Waals surface area contributed by atoms with Crippen molar-refractivity contribution in [2.75, 3.05) is 39.9 Å². The second-order valence-corrected chi connectivity index (χ2v) is 9.42. The first-order chi connectivity index (χ1) is 17.1. The fourth-order valence-electron chi connectivity index (χ4n) is 5.46. The number of hydrogen-bond donors (Lipinski definition) is 0. The number of benzene rings is 2. The van der Waals surface area contributed by atoms with Crippen LogP contribution in [-0.2, 0) is 22.5 Å². The van der Waals surface area contributed by atoms with Crippen LogP contribution in [0.3, 0.4) is 0 Å². The summed E-state index contributed by atoms with van der Waals surface area (Å²) in [5.74, 6) is -0.0703. The summed E-state index contributed by atoms with van der Waals surface area (Å²) in [6.45, 7) is 3.46. The van der Waals surface area contributed by atoms with Crippen molar-refractivity contribution in [3.8, 4) is 0 Å². The van der Waals surface area contributed by atoms with Gasteiger partial charge in [0.1, 0.15) is 5.54 Å². The van der Waals surface area contributed by atoms with E-state index < -0.39 is 5.54 Å². The lowest BCUT2D eigenvalue weighted by molar-refractivity contribution is -0.136. The fourth-order valence-corrected chi connectivity index (χ4v) is 5.46. The monoisotopic (exact) mass is 472 g/mol. The van der Waals surface area contributed by atoms with Gasteiger partial charge in [-0.1, -0.05) is 54.6 Å². The van der Waals surface area contributed by atoms with E-state index in [0.29, 0.717) is 32.5 Å².